The number of ketones is 1. The fourth-order valence-corrected chi connectivity index (χ4v) is 2.91. The second-order valence-electron chi connectivity index (χ2n) is 5.86. The Morgan fingerprint density at radius 3 is 2.54 bits per heavy atom. The van der Waals surface area contributed by atoms with E-state index in [4.69, 9.17) is 9.47 Å². The first-order chi connectivity index (χ1) is 12.5. The number of benzene rings is 2. The molecule has 0 saturated carbocycles. The van der Waals surface area contributed by atoms with Crippen molar-refractivity contribution in [2.75, 3.05) is 19.5 Å². The molecule has 0 aliphatic rings. The number of nitrogens with one attached hydrogen (secondary N) is 1. The number of methoxy groups -OCH3 is 2. The molecule has 6 heteroatoms. The van der Waals surface area contributed by atoms with E-state index in [0.29, 0.717) is 22.7 Å². The predicted molar refractivity (Wildman–Crippen MR) is 100 cm³/mol. The average Bonchev–Trinajstić information content (AvgIpc) is 3.00. The van der Waals surface area contributed by atoms with Gasteiger partial charge in [-0.15, -0.1) is 0 Å². The fourth-order valence-electron chi connectivity index (χ4n) is 2.91. The quantitative estimate of drug-likeness (QED) is 0.690. The Morgan fingerprint density at radius 1 is 1.08 bits per heavy atom. The highest BCUT2D eigenvalue weighted by atomic mass is 16.5. The number of rotatable bonds is 6. The molecule has 0 fully saturated rings. The van der Waals surface area contributed by atoms with Crippen molar-refractivity contribution in [1.29, 1.82) is 0 Å². The summed E-state index contributed by atoms with van der Waals surface area (Å²) in [5.74, 6) is 0.898. The standard InChI is InChI=1S/C20H20N2O4/c1-13(23)16-11-22(18-7-5-4-6-15(16)18)12-20(24)21-17-10-14(25-2)8-9-19(17)26-3/h4-11H,12H2,1-3H3,(H,21,24). The first-order valence-electron chi connectivity index (χ1n) is 8.14. The molecule has 1 aromatic heterocycles. The molecule has 0 radical (unpaired) electrons. The number of para-hydroxylation sites is 1. The van der Waals surface area contributed by atoms with Crippen LogP contribution >= 0.6 is 0 Å². The van der Waals surface area contributed by atoms with Crippen LogP contribution in [0.2, 0.25) is 0 Å². The summed E-state index contributed by atoms with van der Waals surface area (Å²) in [5, 5.41) is 3.68. The number of aromatic nitrogens is 1. The van der Waals surface area contributed by atoms with Gasteiger partial charge in [-0.2, -0.15) is 0 Å². The summed E-state index contributed by atoms with van der Waals surface area (Å²) in [7, 11) is 3.10. The van der Waals surface area contributed by atoms with Gasteiger partial charge in [0.1, 0.15) is 18.0 Å². The lowest BCUT2D eigenvalue weighted by Crippen LogP contribution is -2.18. The van der Waals surface area contributed by atoms with Gasteiger partial charge in [0.05, 0.1) is 19.9 Å². The van der Waals surface area contributed by atoms with Gasteiger partial charge in [0, 0.05) is 28.7 Å². The van der Waals surface area contributed by atoms with Crippen molar-refractivity contribution in [2.24, 2.45) is 0 Å². The third kappa shape index (κ3) is 3.39. The SMILES string of the molecule is COc1ccc(OC)c(NC(=O)Cn2cc(C(C)=O)c3ccccc32)c1. The predicted octanol–water partition coefficient (Wildman–Crippen LogP) is 3.50. The summed E-state index contributed by atoms with van der Waals surface area (Å²) in [4.78, 5) is 24.4. The van der Waals surface area contributed by atoms with Gasteiger partial charge in [0.25, 0.3) is 0 Å². The molecule has 134 valence electrons. The summed E-state index contributed by atoms with van der Waals surface area (Å²) in [5.41, 5.74) is 1.97. The van der Waals surface area contributed by atoms with Crippen LogP contribution in [-0.4, -0.2) is 30.5 Å². The number of ether oxygens (including phenoxy) is 2. The summed E-state index contributed by atoms with van der Waals surface area (Å²) in [6, 6.07) is 12.7. The van der Waals surface area contributed by atoms with Crippen molar-refractivity contribution in [3.8, 4) is 11.5 Å². The summed E-state index contributed by atoms with van der Waals surface area (Å²) >= 11 is 0. The zero-order chi connectivity index (χ0) is 18.7. The molecule has 1 N–H and O–H groups in total. The van der Waals surface area contributed by atoms with Crippen LogP contribution in [0.15, 0.2) is 48.7 Å². The molecule has 2 aromatic carbocycles. The molecule has 0 aliphatic carbocycles. The minimum Gasteiger partial charge on any atom is -0.497 e. The van der Waals surface area contributed by atoms with Crippen molar-refractivity contribution >= 4 is 28.3 Å². The van der Waals surface area contributed by atoms with Gasteiger partial charge >= 0.3 is 0 Å². The highest BCUT2D eigenvalue weighted by Gasteiger charge is 2.15. The van der Waals surface area contributed by atoms with E-state index < -0.39 is 0 Å². The Labute approximate surface area is 151 Å². The molecule has 3 rings (SSSR count). The number of fused-ring (bicyclic) bond motifs is 1. The Bertz CT molecular complexity index is 975. The second-order valence-corrected chi connectivity index (χ2v) is 5.86. The Hall–Kier alpha value is -3.28. The third-order valence-corrected chi connectivity index (χ3v) is 4.16. The van der Waals surface area contributed by atoms with Gasteiger partial charge < -0.3 is 19.4 Å². The number of nitrogens with zero attached hydrogens (tertiary/aromatic N) is 1. The largest absolute Gasteiger partial charge is 0.497 e. The number of amides is 1. The Morgan fingerprint density at radius 2 is 1.85 bits per heavy atom. The van der Waals surface area contributed by atoms with Crippen LogP contribution < -0.4 is 14.8 Å². The van der Waals surface area contributed by atoms with Gasteiger partial charge in [0.2, 0.25) is 5.91 Å². The smallest absolute Gasteiger partial charge is 0.244 e. The van der Waals surface area contributed by atoms with Gasteiger partial charge in [0.15, 0.2) is 5.78 Å². The molecular weight excluding hydrogens is 332 g/mol. The van der Waals surface area contributed by atoms with E-state index in [9.17, 15) is 9.59 Å². The normalized spacial score (nSPS) is 10.6. The van der Waals surface area contributed by atoms with E-state index in [1.54, 1.807) is 36.1 Å². The lowest BCUT2D eigenvalue weighted by Gasteiger charge is -2.12. The number of carbonyl (C=O) groups is 2. The van der Waals surface area contributed by atoms with Gasteiger partial charge in [-0.05, 0) is 25.1 Å². The number of anilines is 1. The van der Waals surface area contributed by atoms with E-state index in [-0.39, 0.29) is 18.2 Å². The van der Waals surface area contributed by atoms with Crippen LogP contribution in [0.5, 0.6) is 11.5 Å². The lowest BCUT2D eigenvalue weighted by molar-refractivity contribution is -0.116. The van der Waals surface area contributed by atoms with Crippen LogP contribution in [0.1, 0.15) is 17.3 Å². The van der Waals surface area contributed by atoms with E-state index in [2.05, 4.69) is 5.32 Å². The Balaban J connectivity index is 1.88. The van der Waals surface area contributed by atoms with Crippen LogP contribution in [0.25, 0.3) is 10.9 Å². The van der Waals surface area contributed by atoms with Gasteiger partial charge in [-0.1, -0.05) is 18.2 Å². The molecular formula is C20H20N2O4. The van der Waals surface area contributed by atoms with E-state index in [1.807, 2.05) is 24.3 Å². The zero-order valence-corrected chi connectivity index (χ0v) is 14.9. The monoisotopic (exact) mass is 352 g/mol. The molecule has 0 aliphatic heterocycles. The maximum Gasteiger partial charge on any atom is 0.244 e. The first-order valence-corrected chi connectivity index (χ1v) is 8.14. The molecule has 3 aromatic rings. The third-order valence-electron chi connectivity index (χ3n) is 4.16. The van der Waals surface area contributed by atoms with Crippen LogP contribution in [0.4, 0.5) is 5.69 Å². The van der Waals surface area contributed by atoms with E-state index in [1.165, 1.54) is 14.0 Å². The van der Waals surface area contributed by atoms with E-state index >= 15 is 0 Å². The molecule has 1 amide bonds. The topological polar surface area (TPSA) is 69.6 Å². The zero-order valence-electron chi connectivity index (χ0n) is 14.9. The van der Waals surface area contributed by atoms with Crippen LogP contribution in [0.3, 0.4) is 0 Å². The van der Waals surface area contributed by atoms with Crippen molar-refractivity contribution in [3.05, 3.63) is 54.2 Å². The van der Waals surface area contributed by atoms with Crippen molar-refractivity contribution in [3.63, 3.8) is 0 Å². The van der Waals surface area contributed by atoms with Crippen molar-refractivity contribution in [1.82, 2.24) is 4.57 Å². The molecule has 0 atom stereocenters. The number of Topliss-reactive ketones (excluding diaryl/α,β-unsaturated/α-hetero) is 1. The summed E-state index contributed by atoms with van der Waals surface area (Å²) in [6.45, 7) is 1.60. The van der Waals surface area contributed by atoms with Crippen molar-refractivity contribution < 1.29 is 19.1 Å². The average molecular weight is 352 g/mol. The number of hydrogen-bond donors (Lipinski definition) is 1. The number of carbonyl (C=O) groups excluding carboxylic acids is 2. The highest BCUT2D eigenvalue weighted by Crippen LogP contribution is 2.29. The molecule has 0 saturated heterocycles. The van der Waals surface area contributed by atoms with Crippen LogP contribution in [0, 0.1) is 0 Å². The van der Waals surface area contributed by atoms with Gasteiger partial charge in [-0.25, -0.2) is 0 Å². The highest BCUT2D eigenvalue weighted by molar-refractivity contribution is 6.07. The molecule has 6 nitrogen and oxygen atoms in total. The lowest BCUT2D eigenvalue weighted by atomic mass is 10.1. The summed E-state index contributed by atoms with van der Waals surface area (Å²) in [6.07, 6.45) is 1.72. The second kappa shape index (κ2) is 7.31. The van der Waals surface area contributed by atoms with Crippen molar-refractivity contribution in [2.45, 2.75) is 13.5 Å². The molecule has 26 heavy (non-hydrogen) atoms. The minimum atomic E-state index is -0.229. The maximum absolute atomic E-state index is 12.6. The fraction of sp³-hybridized carbons (Fsp3) is 0.200. The van der Waals surface area contributed by atoms with Gasteiger partial charge in [-0.3, -0.25) is 9.59 Å². The summed E-state index contributed by atoms with van der Waals surface area (Å²) < 4.78 is 12.2. The first kappa shape index (κ1) is 17.5. The minimum absolute atomic E-state index is 0.0326. The molecule has 0 spiro atoms. The van der Waals surface area contributed by atoms with E-state index in [0.717, 1.165) is 10.9 Å². The van der Waals surface area contributed by atoms with Crippen LogP contribution in [-0.2, 0) is 11.3 Å². The molecule has 1 heterocycles. The molecule has 0 unspecified atom stereocenters. The number of hydrogen-bond acceptors (Lipinski definition) is 4. The molecule has 0 bridgehead atoms. The Kier molecular flexibility index (Phi) is 4.93. The maximum atomic E-state index is 12.6.